The minimum atomic E-state index is -1.95. The first kappa shape index (κ1) is 18.6. The van der Waals surface area contributed by atoms with Gasteiger partial charge in [-0.1, -0.05) is 0 Å². The summed E-state index contributed by atoms with van der Waals surface area (Å²) < 4.78 is 11.1. The highest BCUT2D eigenvalue weighted by Crippen LogP contribution is 2.21. The first-order valence-electron chi connectivity index (χ1n) is 7.38. The minimum absolute atomic E-state index is 0.315. The smallest absolute Gasteiger partial charge is 0.325 e. The van der Waals surface area contributed by atoms with Crippen molar-refractivity contribution in [2.24, 2.45) is 0 Å². The lowest BCUT2D eigenvalue weighted by atomic mass is 10.0. The van der Waals surface area contributed by atoms with Gasteiger partial charge in [0.05, 0.1) is 11.1 Å². The van der Waals surface area contributed by atoms with Crippen LogP contribution in [0.2, 0.25) is 39.3 Å². The number of aryl methyl sites for hydroxylation is 2. The van der Waals surface area contributed by atoms with Gasteiger partial charge in [-0.15, -0.1) is 0 Å². The predicted molar refractivity (Wildman–Crippen MR) is 93.4 cm³/mol. The molecule has 22 heavy (non-hydrogen) atoms. The summed E-state index contributed by atoms with van der Waals surface area (Å²) in [4.78, 5) is 24.5. The van der Waals surface area contributed by atoms with Crippen LogP contribution in [0.1, 0.15) is 31.8 Å². The summed E-state index contributed by atoms with van der Waals surface area (Å²) in [5, 5.41) is 0. The van der Waals surface area contributed by atoms with Crippen LogP contribution < -0.4 is 0 Å². The van der Waals surface area contributed by atoms with Crippen molar-refractivity contribution in [3.63, 3.8) is 0 Å². The van der Waals surface area contributed by atoms with Crippen molar-refractivity contribution in [2.75, 3.05) is 0 Å². The Bertz CT molecular complexity index is 542. The van der Waals surface area contributed by atoms with Crippen molar-refractivity contribution < 1.29 is 18.4 Å². The van der Waals surface area contributed by atoms with Crippen LogP contribution in [0.3, 0.4) is 0 Å². The van der Waals surface area contributed by atoms with E-state index in [0.29, 0.717) is 11.1 Å². The van der Waals surface area contributed by atoms with Gasteiger partial charge < -0.3 is 8.85 Å². The summed E-state index contributed by atoms with van der Waals surface area (Å²) in [6.07, 6.45) is 0. The molecule has 0 aliphatic carbocycles. The van der Waals surface area contributed by atoms with E-state index in [4.69, 9.17) is 8.85 Å². The molecule has 0 atom stereocenters. The van der Waals surface area contributed by atoms with Crippen LogP contribution in [0.4, 0.5) is 0 Å². The maximum atomic E-state index is 12.2. The largest absolute Gasteiger partial charge is 0.516 e. The molecular formula is C16H26O4Si2. The average Bonchev–Trinajstić information content (AvgIpc) is 2.26. The number of hydrogen-bond acceptors (Lipinski definition) is 4. The molecule has 4 nitrogen and oxygen atoms in total. The lowest BCUT2D eigenvalue weighted by molar-refractivity contribution is 0.0707. The Morgan fingerprint density at radius 1 is 0.727 bits per heavy atom. The molecule has 1 aromatic rings. The van der Waals surface area contributed by atoms with Crippen molar-refractivity contribution in [3.05, 3.63) is 34.4 Å². The highest BCUT2D eigenvalue weighted by molar-refractivity contribution is 6.71. The third kappa shape index (κ3) is 5.42. The quantitative estimate of drug-likeness (QED) is 0.769. The van der Waals surface area contributed by atoms with E-state index < -0.39 is 16.6 Å². The number of hydrogen-bond donors (Lipinski definition) is 0. The van der Waals surface area contributed by atoms with Crippen LogP contribution >= 0.6 is 0 Å². The van der Waals surface area contributed by atoms with E-state index in [2.05, 4.69) is 0 Å². The molecule has 0 amide bonds. The van der Waals surface area contributed by atoms with Crippen molar-refractivity contribution in [2.45, 2.75) is 53.1 Å². The molecule has 0 heterocycles. The first-order chi connectivity index (χ1) is 9.80. The van der Waals surface area contributed by atoms with Gasteiger partial charge >= 0.3 is 11.9 Å². The third-order valence-corrected chi connectivity index (χ3v) is 4.40. The molecule has 122 valence electrons. The molecular weight excluding hydrogens is 312 g/mol. The number of benzene rings is 1. The second-order valence-electron chi connectivity index (χ2n) is 7.49. The fraction of sp³-hybridized carbons (Fsp3) is 0.500. The van der Waals surface area contributed by atoms with Gasteiger partial charge in [0.2, 0.25) is 16.6 Å². The molecule has 0 radical (unpaired) electrons. The maximum absolute atomic E-state index is 12.2. The van der Waals surface area contributed by atoms with Crippen molar-refractivity contribution >= 4 is 28.6 Å². The van der Waals surface area contributed by atoms with Crippen LogP contribution in [-0.2, 0) is 8.85 Å². The molecule has 0 saturated heterocycles. The molecule has 0 fully saturated rings. The van der Waals surface area contributed by atoms with Crippen LogP contribution in [0.25, 0.3) is 0 Å². The Labute approximate surface area is 135 Å². The summed E-state index contributed by atoms with van der Waals surface area (Å²) in [6.45, 7) is 15.4. The van der Waals surface area contributed by atoms with E-state index >= 15 is 0 Å². The molecule has 0 bridgehead atoms. The summed E-state index contributed by atoms with van der Waals surface area (Å²) in [5.74, 6) is -0.630. The highest BCUT2D eigenvalue weighted by Gasteiger charge is 2.25. The van der Waals surface area contributed by atoms with Gasteiger partial charge in [0.1, 0.15) is 0 Å². The normalized spacial score (nSPS) is 12.0. The summed E-state index contributed by atoms with van der Waals surface area (Å²) in [7, 11) is -3.89. The molecule has 6 heteroatoms. The second-order valence-corrected chi connectivity index (χ2v) is 16.3. The number of carbonyl (C=O) groups is 2. The van der Waals surface area contributed by atoms with Crippen LogP contribution in [0.5, 0.6) is 0 Å². The lowest BCUT2D eigenvalue weighted by Crippen LogP contribution is -2.30. The molecule has 0 aliphatic rings. The fourth-order valence-corrected chi connectivity index (χ4v) is 3.25. The van der Waals surface area contributed by atoms with E-state index in [9.17, 15) is 9.59 Å². The zero-order chi connectivity index (χ0) is 17.3. The van der Waals surface area contributed by atoms with E-state index in [0.717, 1.165) is 11.1 Å². The topological polar surface area (TPSA) is 52.6 Å². The monoisotopic (exact) mass is 338 g/mol. The molecule has 0 unspecified atom stereocenters. The van der Waals surface area contributed by atoms with Gasteiger partial charge in [-0.3, -0.25) is 0 Å². The molecule has 0 aliphatic heterocycles. The molecule has 1 aromatic carbocycles. The van der Waals surface area contributed by atoms with Gasteiger partial charge in [0.15, 0.2) is 0 Å². The lowest BCUT2D eigenvalue weighted by Gasteiger charge is -2.20. The van der Waals surface area contributed by atoms with Gasteiger partial charge in [-0.25, -0.2) is 9.59 Å². The highest BCUT2D eigenvalue weighted by atomic mass is 28.4. The molecule has 0 N–H and O–H groups in total. The van der Waals surface area contributed by atoms with E-state index in [1.165, 1.54) is 0 Å². The second kappa shape index (κ2) is 6.38. The predicted octanol–water partition coefficient (Wildman–Crippen LogP) is 4.29. The minimum Gasteiger partial charge on any atom is -0.516 e. The Morgan fingerprint density at radius 2 is 1.00 bits per heavy atom. The van der Waals surface area contributed by atoms with E-state index in [1.54, 1.807) is 12.1 Å². The molecule has 0 saturated carbocycles. The standard InChI is InChI=1S/C16H26O4Si2/c1-11-9-14(16(18)20-22(6,7)8)12(2)10-13(11)15(17)19-21(3,4)5/h9-10H,1-8H3. The van der Waals surface area contributed by atoms with Gasteiger partial charge in [-0.05, 0) is 76.4 Å². The first-order valence-corrected chi connectivity index (χ1v) is 14.2. The van der Waals surface area contributed by atoms with Gasteiger partial charge in [0.25, 0.3) is 0 Å². The van der Waals surface area contributed by atoms with E-state index in [-0.39, 0.29) is 11.9 Å². The molecule has 0 aromatic heterocycles. The van der Waals surface area contributed by atoms with Crippen LogP contribution in [0.15, 0.2) is 12.1 Å². The van der Waals surface area contributed by atoms with Crippen molar-refractivity contribution in [1.82, 2.24) is 0 Å². The number of carbonyl (C=O) groups excluding carboxylic acids is 2. The van der Waals surface area contributed by atoms with Crippen molar-refractivity contribution in [1.29, 1.82) is 0 Å². The molecule has 1 rings (SSSR count). The number of rotatable bonds is 4. The maximum Gasteiger partial charge on any atom is 0.325 e. The van der Waals surface area contributed by atoms with Crippen molar-refractivity contribution in [3.8, 4) is 0 Å². The summed E-state index contributed by atoms with van der Waals surface area (Å²) in [6, 6.07) is 3.44. The Morgan fingerprint density at radius 3 is 1.23 bits per heavy atom. The van der Waals surface area contributed by atoms with Crippen LogP contribution in [0, 0.1) is 13.8 Å². The average molecular weight is 339 g/mol. The Balaban J connectivity index is 3.12. The zero-order valence-corrected chi connectivity index (χ0v) is 16.8. The Hall–Kier alpha value is -1.41. The van der Waals surface area contributed by atoms with Crippen LogP contribution in [-0.4, -0.2) is 28.6 Å². The summed E-state index contributed by atoms with van der Waals surface area (Å²) in [5.41, 5.74) is 2.50. The Kier molecular flexibility index (Phi) is 5.40. The third-order valence-electron chi connectivity index (χ3n) is 2.81. The van der Waals surface area contributed by atoms with Gasteiger partial charge in [0, 0.05) is 0 Å². The van der Waals surface area contributed by atoms with E-state index in [1.807, 2.05) is 53.1 Å². The SMILES string of the molecule is Cc1cc(C(=O)O[Si](C)(C)C)c(C)cc1C(=O)O[Si](C)(C)C. The zero-order valence-electron chi connectivity index (χ0n) is 14.8. The molecule has 0 spiro atoms. The summed E-state index contributed by atoms with van der Waals surface area (Å²) >= 11 is 0. The fourth-order valence-electron chi connectivity index (χ4n) is 1.92. The van der Waals surface area contributed by atoms with Gasteiger partial charge in [-0.2, -0.15) is 0 Å².